The number of benzene rings is 1. The number of rotatable bonds is 3. The monoisotopic (exact) mass is 208 g/mol. The standard InChI is InChI=1S/C11H13ClN2/c1-2-3-11(14)8-4-5-9(7-13)10(12)6-8/h4-6,11H,2-3,14H2,1H3. The van der Waals surface area contributed by atoms with Gasteiger partial charge in [-0.2, -0.15) is 5.26 Å². The highest BCUT2D eigenvalue weighted by atomic mass is 35.5. The third kappa shape index (κ3) is 2.47. The van der Waals surface area contributed by atoms with Gasteiger partial charge in [0.15, 0.2) is 0 Å². The van der Waals surface area contributed by atoms with E-state index < -0.39 is 0 Å². The fourth-order valence-corrected chi connectivity index (χ4v) is 1.56. The molecule has 0 saturated heterocycles. The molecule has 0 fully saturated rings. The Morgan fingerprint density at radius 3 is 2.79 bits per heavy atom. The van der Waals surface area contributed by atoms with Gasteiger partial charge in [-0.3, -0.25) is 0 Å². The number of hydrogen-bond acceptors (Lipinski definition) is 2. The summed E-state index contributed by atoms with van der Waals surface area (Å²) < 4.78 is 0. The fraction of sp³-hybridized carbons (Fsp3) is 0.364. The molecular formula is C11H13ClN2. The molecule has 0 bridgehead atoms. The first-order valence-corrected chi connectivity index (χ1v) is 5.02. The van der Waals surface area contributed by atoms with Crippen molar-refractivity contribution in [2.24, 2.45) is 5.73 Å². The molecule has 0 spiro atoms. The van der Waals surface area contributed by atoms with E-state index in [-0.39, 0.29) is 6.04 Å². The van der Waals surface area contributed by atoms with Crippen molar-refractivity contribution in [2.75, 3.05) is 0 Å². The van der Waals surface area contributed by atoms with Gasteiger partial charge in [-0.05, 0) is 24.1 Å². The Morgan fingerprint density at radius 1 is 1.57 bits per heavy atom. The van der Waals surface area contributed by atoms with Crippen LogP contribution in [0, 0.1) is 11.3 Å². The average Bonchev–Trinajstić information content (AvgIpc) is 2.18. The first-order chi connectivity index (χ1) is 6.69. The predicted octanol–water partition coefficient (Wildman–Crippen LogP) is 3.01. The normalized spacial score (nSPS) is 12.1. The largest absolute Gasteiger partial charge is 0.324 e. The summed E-state index contributed by atoms with van der Waals surface area (Å²) in [6, 6.07) is 7.40. The van der Waals surface area contributed by atoms with Gasteiger partial charge in [0.1, 0.15) is 6.07 Å². The minimum atomic E-state index is 0.0187. The number of nitriles is 1. The maximum Gasteiger partial charge on any atom is 0.101 e. The Kier molecular flexibility index (Phi) is 3.94. The van der Waals surface area contributed by atoms with E-state index in [0.717, 1.165) is 18.4 Å². The molecule has 1 rings (SSSR count). The molecule has 0 radical (unpaired) electrons. The number of nitrogens with zero attached hydrogens (tertiary/aromatic N) is 1. The summed E-state index contributed by atoms with van der Waals surface area (Å²) in [7, 11) is 0. The topological polar surface area (TPSA) is 49.8 Å². The maximum absolute atomic E-state index is 8.69. The highest BCUT2D eigenvalue weighted by molar-refractivity contribution is 6.31. The van der Waals surface area contributed by atoms with Gasteiger partial charge in [0.05, 0.1) is 10.6 Å². The third-order valence-electron chi connectivity index (χ3n) is 2.14. The van der Waals surface area contributed by atoms with Crippen molar-refractivity contribution in [2.45, 2.75) is 25.8 Å². The van der Waals surface area contributed by atoms with E-state index in [0.29, 0.717) is 10.6 Å². The van der Waals surface area contributed by atoms with E-state index in [2.05, 4.69) is 6.92 Å². The first-order valence-electron chi connectivity index (χ1n) is 4.64. The van der Waals surface area contributed by atoms with Crippen LogP contribution in [-0.2, 0) is 0 Å². The molecule has 0 amide bonds. The van der Waals surface area contributed by atoms with Crippen LogP contribution in [0.4, 0.5) is 0 Å². The van der Waals surface area contributed by atoms with E-state index in [1.54, 1.807) is 12.1 Å². The van der Waals surface area contributed by atoms with Crippen molar-refractivity contribution in [1.29, 1.82) is 5.26 Å². The van der Waals surface area contributed by atoms with Crippen molar-refractivity contribution < 1.29 is 0 Å². The van der Waals surface area contributed by atoms with Crippen molar-refractivity contribution in [1.82, 2.24) is 0 Å². The molecular weight excluding hydrogens is 196 g/mol. The molecule has 1 aromatic carbocycles. The predicted molar refractivity (Wildman–Crippen MR) is 58.0 cm³/mol. The molecule has 0 aliphatic heterocycles. The molecule has 1 atom stereocenters. The Morgan fingerprint density at radius 2 is 2.29 bits per heavy atom. The summed E-state index contributed by atoms with van der Waals surface area (Å²) in [4.78, 5) is 0. The molecule has 2 N–H and O–H groups in total. The van der Waals surface area contributed by atoms with Crippen molar-refractivity contribution >= 4 is 11.6 Å². The minimum Gasteiger partial charge on any atom is -0.324 e. The summed E-state index contributed by atoms with van der Waals surface area (Å²) in [6.07, 6.45) is 1.97. The minimum absolute atomic E-state index is 0.0187. The van der Waals surface area contributed by atoms with Gasteiger partial charge < -0.3 is 5.73 Å². The molecule has 1 unspecified atom stereocenters. The van der Waals surface area contributed by atoms with Gasteiger partial charge >= 0.3 is 0 Å². The zero-order valence-corrected chi connectivity index (χ0v) is 8.88. The van der Waals surface area contributed by atoms with Crippen molar-refractivity contribution in [3.8, 4) is 6.07 Å². The zero-order valence-electron chi connectivity index (χ0n) is 8.13. The first kappa shape index (κ1) is 11.0. The Bertz CT molecular complexity index is 355. The number of hydrogen-bond donors (Lipinski definition) is 1. The van der Waals surface area contributed by atoms with E-state index in [4.69, 9.17) is 22.6 Å². The molecule has 3 heteroatoms. The van der Waals surface area contributed by atoms with Gasteiger partial charge in [-0.1, -0.05) is 31.0 Å². The van der Waals surface area contributed by atoms with Gasteiger partial charge in [0.2, 0.25) is 0 Å². The van der Waals surface area contributed by atoms with E-state index in [1.807, 2.05) is 12.1 Å². The van der Waals surface area contributed by atoms with Crippen molar-refractivity contribution in [3.05, 3.63) is 34.3 Å². The Balaban J connectivity index is 2.92. The highest BCUT2D eigenvalue weighted by Crippen LogP contribution is 2.22. The summed E-state index contributed by atoms with van der Waals surface area (Å²) in [6.45, 7) is 2.09. The average molecular weight is 209 g/mol. The molecule has 0 saturated carbocycles. The lowest BCUT2D eigenvalue weighted by Crippen LogP contribution is -2.09. The van der Waals surface area contributed by atoms with Crippen LogP contribution < -0.4 is 5.73 Å². The summed E-state index contributed by atoms with van der Waals surface area (Å²) in [5.41, 5.74) is 7.42. The van der Waals surface area contributed by atoms with Crippen LogP contribution in [0.1, 0.15) is 36.9 Å². The summed E-state index contributed by atoms with van der Waals surface area (Å²) in [5, 5.41) is 9.17. The molecule has 74 valence electrons. The lowest BCUT2D eigenvalue weighted by atomic mass is 10.0. The van der Waals surface area contributed by atoms with Gasteiger partial charge in [0, 0.05) is 6.04 Å². The fourth-order valence-electron chi connectivity index (χ4n) is 1.33. The quantitative estimate of drug-likeness (QED) is 0.830. The SMILES string of the molecule is CCCC(N)c1ccc(C#N)c(Cl)c1. The number of halogens is 1. The smallest absolute Gasteiger partial charge is 0.101 e. The van der Waals surface area contributed by atoms with Gasteiger partial charge in [-0.25, -0.2) is 0 Å². The van der Waals surface area contributed by atoms with Crippen LogP contribution in [-0.4, -0.2) is 0 Å². The number of nitrogens with two attached hydrogens (primary N) is 1. The van der Waals surface area contributed by atoms with E-state index in [1.165, 1.54) is 0 Å². The molecule has 2 nitrogen and oxygen atoms in total. The second kappa shape index (κ2) is 4.99. The molecule has 0 aromatic heterocycles. The lowest BCUT2D eigenvalue weighted by molar-refractivity contribution is 0.638. The van der Waals surface area contributed by atoms with Gasteiger partial charge in [0.25, 0.3) is 0 Å². The van der Waals surface area contributed by atoms with Gasteiger partial charge in [-0.15, -0.1) is 0 Å². The summed E-state index contributed by atoms with van der Waals surface area (Å²) >= 11 is 5.90. The van der Waals surface area contributed by atoms with Crippen LogP contribution >= 0.6 is 11.6 Å². The molecule has 0 heterocycles. The van der Waals surface area contributed by atoms with Crippen molar-refractivity contribution in [3.63, 3.8) is 0 Å². The molecule has 14 heavy (non-hydrogen) atoms. The van der Waals surface area contributed by atoms with Crippen LogP contribution in [0.5, 0.6) is 0 Å². The molecule has 0 aliphatic carbocycles. The third-order valence-corrected chi connectivity index (χ3v) is 2.45. The van der Waals surface area contributed by atoms with Crippen LogP contribution in [0.2, 0.25) is 5.02 Å². The Hall–Kier alpha value is -1.04. The molecule has 1 aromatic rings. The van der Waals surface area contributed by atoms with Crippen LogP contribution in [0.3, 0.4) is 0 Å². The second-order valence-corrected chi connectivity index (χ2v) is 3.65. The molecule has 0 aliphatic rings. The van der Waals surface area contributed by atoms with E-state index in [9.17, 15) is 0 Å². The van der Waals surface area contributed by atoms with Crippen LogP contribution in [0.25, 0.3) is 0 Å². The lowest BCUT2D eigenvalue weighted by Gasteiger charge is -2.10. The maximum atomic E-state index is 8.69. The van der Waals surface area contributed by atoms with E-state index >= 15 is 0 Å². The zero-order chi connectivity index (χ0) is 10.6. The second-order valence-electron chi connectivity index (χ2n) is 3.25. The van der Waals surface area contributed by atoms with Crippen LogP contribution in [0.15, 0.2) is 18.2 Å². The Labute approximate surface area is 89.3 Å². The highest BCUT2D eigenvalue weighted by Gasteiger charge is 2.07. The summed E-state index contributed by atoms with van der Waals surface area (Å²) in [5.74, 6) is 0.